The average molecular weight is 435 g/mol. The molecule has 0 spiro atoms. The molecule has 3 aromatic carbocycles. The Morgan fingerprint density at radius 2 is 1.62 bits per heavy atom. The molecule has 0 bridgehead atoms. The van der Waals surface area contributed by atoms with Crippen LogP contribution in [0.2, 0.25) is 0 Å². The Labute approximate surface area is 187 Å². The van der Waals surface area contributed by atoms with Crippen LogP contribution in [-0.4, -0.2) is 44.4 Å². The van der Waals surface area contributed by atoms with Crippen molar-refractivity contribution < 1.29 is 28.6 Å². The Kier molecular flexibility index (Phi) is 6.89. The highest BCUT2D eigenvalue weighted by atomic mass is 16.8. The van der Waals surface area contributed by atoms with Crippen LogP contribution in [0.4, 0.5) is 0 Å². The maximum Gasteiger partial charge on any atom is 0.277 e. The van der Waals surface area contributed by atoms with Gasteiger partial charge in [-0.05, 0) is 42.5 Å². The van der Waals surface area contributed by atoms with Gasteiger partial charge in [-0.2, -0.15) is 0 Å². The summed E-state index contributed by atoms with van der Waals surface area (Å²) in [5.41, 5.74) is 1.22. The normalized spacial score (nSPS) is 18.1. The first-order valence-electron chi connectivity index (χ1n) is 10.3. The highest BCUT2D eigenvalue weighted by molar-refractivity contribution is 5.93. The fourth-order valence-electron chi connectivity index (χ4n) is 3.38. The number of nitrogens with zero attached hydrogens (tertiary/aromatic N) is 1. The van der Waals surface area contributed by atoms with E-state index in [1.54, 1.807) is 38.5 Å². The van der Waals surface area contributed by atoms with Crippen LogP contribution in [0.1, 0.15) is 22.2 Å². The third-order valence-electron chi connectivity index (χ3n) is 5.01. The van der Waals surface area contributed by atoms with Gasteiger partial charge in [0.15, 0.2) is 11.5 Å². The molecule has 0 radical (unpaired) electrons. The number of hydrogen-bond acceptors (Lipinski definition) is 6. The number of ether oxygens (including phenoxy) is 4. The minimum absolute atomic E-state index is 0.227. The van der Waals surface area contributed by atoms with Crippen LogP contribution in [0.25, 0.3) is 0 Å². The molecule has 0 aromatic heterocycles. The van der Waals surface area contributed by atoms with Gasteiger partial charge < -0.3 is 18.9 Å². The predicted octanol–water partition coefficient (Wildman–Crippen LogP) is 4.25. The molecule has 1 saturated heterocycles. The molecule has 7 nitrogen and oxygen atoms in total. The van der Waals surface area contributed by atoms with Crippen molar-refractivity contribution in [2.24, 2.45) is 0 Å². The van der Waals surface area contributed by atoms with E-state index >= 15 is 0 Å². The molecule has 1 heterocycles. The molecule has 0 saturated carbocycles. The van der Waals surface area contributed by atoms with Gasteiger partial charge in [-0.3, -0.25) is 4.79 Å². The molecule has 1 fully saturated rings. The summed E-state index contributed by atoms with van der Waals surface area (Å²) in [5, 5.41) is 1.33. The second kappa shape index (κ2) is 10.2. The molecule has 1 aliphatic rings. The fraction of sp³-hybridized carbons (Fsp3) is 0.240. The number of rotatable bonds is 7. The van der Waals surface area contributed by atoms with Crippen molar-refractivity contribution in [3.63, 3.8) is 0 Å². The average Bonchev–Trinajstić information content (AvgIpc) is 2.87. The first kappa shape index (κ1) is 21.7. The zero-order valence-electron chi connectivity index (χ0n) is 18.0. The standard InChI is InChI=1S/C25H25NO6/c1-28-22-14-13-19(15-23(22)29-2)25-31-21(17-30-20-11-7-4-8-12-20)16-26(32-25)24(27)18-9-5-3-6-10-18/h3-15,21,25H,16-17H2,1-2H3/t21-,25+/m0/s1. The molecule has 0 aliphatic carbocycles. The summed E-state index contributed by atoms with van der Waals surface area (Å²) >= 11 is 0. The van der Waals surface area contributed by atoms with E-state index in [4.69, 9.17) is 23.8 Å². The maximum absolute atomic E-state index is 13.1. The molecule has 166 valence electrons. The van der Waals surface area contributed by atoms with Gasteiger partial charge in [-0.1, -0.05) is 36.4 Å². The van der Waals surface area contributed by atoms with Crippen molar-refractivity contribution in [1.82, 2.24) is 5.06 Å². The monoisotopic (exact) mass is 435 g/mol. The van der Waals surface area contributed by atoms with E-state index in [-0.39, 0.29) is 19.1 Å². The molecular weight excluding hydrogens is 410 g/mol. The number of carbonyl (C=O) groups excluding carboxylic acids is 1. The number of carbonyl (C=O) groups is 1. The summed E-state index contributed by atoms with van der Waals surface area (Å²) in [6.45, 7) is 0.486. The number of amides is 1. The third-order valence-corrected chi connectivity index (χ3v) is 5.01. The van der Waals surface area contributed by atoms with Crippen LogP contribution < -0.4 is 14.2 Å². The number of hydrogen-bond donors (Lipinski definition) is 0. The number of benzene rings is 3. The van der Waals surface area contributed by atoms with Gasteiger partial charge in [0, 0.05) is 11.1 Å². The quantitative estimate of drug-likeness (QED) is 0.553. The van der Waals surface area contributed by atoms with Crippen LogP contribution in [-0.2, 0) is 9.57 Å². The molecule has 7 heteroatoms. The highest BCUT2D eigenvalue weighted by Gasteiger charge is 2.34. The Morgan fingerprint density at radius 3 is 2.31 bits per heavy atom. The van der Waals surface area contributed by atoms with Gasteiger partial charge in [0.2, 0.25) is 6.29 Å². The minimum atomic E-state index is -0.819. The van der Waals surface area contributed by atoms with E-state index in [0.29, 0.717) is 22.6 Å². The van der Waals surface area contributed by atoms with E-state index in [0.717, 1.165) is 5.75 Å². The minimum Gasteiger partial charge on any atom is -0.493 e. The molecule has 1 aliphatic heterocycles. The Balaban J connectivity index is 1.57. The van der Waals surface area contributed by atoms with Crippen molar-refractivity contribution in [2.75, 3.05) is 27.4 Å². The van der Waals surface area contributed by atoms with Gasteiger partial charge in [0.05, 0.1) is 20.8 Å². The lowest BCUT2D eigenvalue weighted by Crippen LogP contribution is -2.47. The van der Waals surface area contributed by atoms with E-state index in [2.05, 4.69) is 0 Å². The predicted molar refractivity (Wildman–Crippen MR) is 118 cm³/mol. The number of hydroxylamine groups is 2. The number of para-hydroxylation sites is 1. The van der Waals surface area contributed by atoms with Crippen molar-refractivity contribution in [3.8, 4) is 17.2 Å². The summed E-state index contributed by atoms with van der Waals surface area (Å²) in [4.78, 5) is 19.0. The smallest absolute Gasteiger partial charge is 0.277 e. The second-order valence-electron chi connectivity index (χ2n) is 7.17. The lowest BCUT2D eigenvalue weighted by atomic mass is 10.1. The lowest BCUT2D eigenvalue weighted by molar-refractivity contribution is -0.325. The first-order chi connectivity index (χ1) is 15.7. The molecule has 4 rings (SSSR count). The third kappa shape index (κ3) is 5.01. The van der Waals surface area contributed by atoms with Crippen molar-refractivity contribution in [2.45, 2.75) is 12.4 Å². The van der Waals surface area contributed by atoms with E-state index < -0.39 is 12.4 Å². The topological polar surface area (TPSA) is 66.5 Å². The molecular formula is C25H25NO6. The lowest BCUT2D eigenvalue weighted by Gasteiger charge is -2.37. The van der Waals surface area contributed by atoms with Crippen molar-refractivity contribution in [1.29, 1.82) is 0 Å². The zero-order chi connectivity index (χ0) is 22.3. The summed E-state index contributed by atoms with van der Waals surface area (Å²) in [6.07, 6.45) is -1.23. The summed E-state index contributed by atoms with van der Waals surface area (Å²) in [6, 6.07) is 23.8. The summed E-state index contributed by atoms with van der Waals surface area (Å²) < 4.78 is 22.7. The Bertz CT molecular complexity index is 1030. The van der Waals surface area contributed by atoms with Crippen molar-refractivity contribution >= 4 is 5.91 Å². The molecule has 1 amide bonds. The van der Waals surface area contributed by atoms with Crippen LogP contribution in [0, 0.1) is 0 Å². The fourth-order valence-corrected chi connectivity index (χ4v) is 3.38. The van der Waals surface area contributed by atoms with Crippen LogP contribution >= 0.6 is 0 Å². The molecule has 0 unspecified atom stereocenters. The number of methoxy groups -OCH3 is 2. The second-order valence-corrected chi connectivity index (χ2v) is 7.17. The van der Waals surface area contributed by atoms with Gasteiger partial charge in [0.25, 0.3) is 5.91 Å². The van der Waals surface area contributed by atoms with E-state index in [1.807, 2.05) is 54.6 Å². The van der Waals surface area contributed by atoms with Gasteiger partial charge >= 0.3 is 0 Å². The van der Waals surface area contributed by atoms with E-state index in [9.17, 15) is 4.79 Å². The van der Waals surface area contributed by atoms with E-state index in [1.165, 1.54) is 5.06 Å². The summed E-state index contributed by atoms with van der Waals surface area (Å²) in [7, 11) is 3.13. The molecule has 3 aromatic rings. The van der Waals surface area contributed by atoms with Gasteiger partial charge in [0.1, 0.15) is 18.5 Å². The van der Waals surface area contributed by atoms with Crippen LogP contribution in [0.15, 0.2) is 78.9 Å². The first-order valence-corrected chi connectivity index (χ1v) is 10.3. The highest BCUT2D eigenvalue weighted by Crippen LogP contribution is 2.34. The molecule has 2 atom stereocenters. The van der Waals surface area contributed by atoms with Crippen LogP contribution in [0.5, 0.6) is 17.2 Å². The van der Waals surface area contributed by atoms with Crippen LogP contribution in [0.3, 0.4) is 0 Å². The molecule has 0 N–H and O–H groups in total. The SMILES string of the molecule is COc1ccc([C@@H]2O[C@H](COc3ccccc3)CN(C(=O)c3ccccc3)O2)cc1OC. The summed E-state index contributed by atoms with van der Waals surface area (Å²) in [5.74, 6) is 1.62. The molecule has 32 heavy (non-hydrogen) atoms. The Morgan fingerprint density at radius 1 is 0.938 bits per heavy atom. The Hall–Kier alpha value is -3.55. The largest absolute Gasteiger partial charge is 0.493 e. The maximum atomic E-state index is 13.1. The zero-order valence-corrected chi connectivity index (χ0v) is 18.0. The van der Waals surface area contributed by atoms with Crippen molar-refractivity contribution in [3.05, 3.63) is 90.0 Å². The van der Waals surface area contributed by atoms with Gasteiger partial charge in [-0.25, -0.2) is 9.90 Å². The van der Waals surface area contributed by atoms with Gasteiger partial charge in [-0.15, -0.1) is 0 Å².